The number of hydrogen-bond donors (Lipinski definition) is 1. The normalized spacial score (nSPS) is 11.0. The number of carbonyl (C=O) groups is 1. The molecule has 7 heteroatoms. The molecule has 0 atom stereocenters. The van der Waals surface area contributed by atoms with Gasteiger partial charge in [-0.3, -0.25) is 4.79 Å². The predicted octanol–water partition coefficient (Wildman–Crippen LogP) is 5.34. The summed E-state index contributed by atoms with van der Waals surface area (Å²) in [6, 6.07) is 16.2. The fraction of sp³-hybridized carbons (Fsp3) is 0.143. The number of nitrogens with zero attached hydrogens (tertiary/aromatic N) is 1. The van der Waals surface area contributed by atoms with Crippen LogP contribution in [-0.4, -0.2) is 18.7 Å². The van der Waals surface area contributed by atoms with Crippen LogP contribution in [0.2, 0.25) is 10.0 Å². The quantitative estimate of drug-likeness (QED) is 0.417. The van der Waals surface area contributed by atoms with Gasteiger partial charge in [0.2, 0.25) is 5.91 Å². The van der Waals surface area contributed by atoms with Crippen molar-refractivity contribution in [3.05, 3.63) is 76.0 Å². The van der Waals surface area contributed by atoms with Crippen LogP contribution < -0.4 is 10.2 Å². The second-order valence-electron chi connectivity index (χ2n) is 5.85. The van der Waals surface area contributed by atoms with Crippen molar-refractivity contribution in [2.75, 3.05) is 6.61 Å². The molecule has 1 N–H and O–H groups in total. The number of rotatable bonds is 7. The summed E-state index contributed by atoms with van der Waals surface area (Å²) in [5, 5.41) is 4.80. The first kappa shape index (κ1) is 20.0. The molecule has 1 amide bonds. The van der Waals surface area contributed by atoms with Gasteiger partial charge < -0.3 is 9.15 Å². The molecule has 3 aromatic rings. The monoisotopic (exact) mass is 416 g/mol. The predicted molar refractivity (Wildman–Crippen MR) is 111 cm³/mol. The summed E-state index contributed by atoms with van der Waals surface area (Å²) in [5.41, 5.74) is 4.04. The van der Waals surface area contributed by atoms with E-state index in [1.54, 1.807) is 24.3 Å². The zero-order valence-corrected chi connectivity index (χ0v) is 16.6. The Kier molecular flexibility index (Phi) is 6.74. The molecule has 0 radical (unpaired) electrons. The van der Waals surface area contributed by atoms with Crippen molar-refractivity contribution in [2.24, 2.45) is 5.10 Å². The van der Waals surface area contributed by atoms with Crippen molar-refractivity contribution in [3.63, 3.8) is 0 Å². The Morgan fingerprint density at radius 1 is 1.14 bits per heavy atom. The Morgan fingerprint density at radius 2 is 1.93 bits per heavy atom. The molecule has 144 valence electrons. The maximum Gasteiger partial charge on any atom is 0.244 e. The lowest BCUT2D eigenvalue weighted by Crippen LogP contribution is -2.19. The summed E-state index contributed by atoms with van der Waals surface area (Å²) in [5.74, 6) is 1.59. The summed E-state index contributed by atoms with van der Waals surface area (Å²) in [6.07, 6.45) is 1.64. The Balaban J connectivity index is 1.56. The zero-order chi connectivity index (χ0) is 19.9. The minimum Gasteiger partial charge on any atom is -0.494 e. The van der Waals surface area contributed by atoms with Gasteiger partial charge in [-0.15, -0.1) is 0 Å². The molecule has 3 rings (SSSR count). The number of carbonyl (C=O) groups excluding carboxylic acids is 1. The minimum atomic E-state index is -0.231. The molecule has 28 heavy (non-hydrogen) atoms. The molecule has 0 aliphatic heterocycles. The molecular formula is C21H18Cl2N2O3. The van der Waals surface area contributed by atoms with E-state index < -0.39 is 0 Å². The van der Waals surface area contributed by atoms with Gasteiger partial charge in [0, 0.05) is 5.56 Å². The lowest BCUT2D eigenvalue weighted by Gasteiger charge is -2.04. The van der Waals surface area contributed by atoms with E-state index in [9.17, 15) is 4.79 Å². The van der Waals surface area contributed by atoms with E-state index >= 15 is 0 Å². The van der Waals surface area contributed by atoms with E-state index in [1.165, 1.54) is 6.21 Å². The van der Waals surface area contributed by atoms with Crippen molar-refractivity contribution in [1.82, 2.24) is 5.43 Å². The summed E-state index contributed by atoms with van der Waals surface area (Å²) < 4.78 is 11.1. The van der Waals surface area contributed by atoms with Crippen molar-refractivity contribution in [3.8, 4) is 17.1 Å². The van der Waals surface area contributed by atoms with Gasteiger partial charge in [-0.25, -0.2) is 5.43 Å². The Bertz CT molecular complexity index is 982. The third-order valence-electron chi connectivity index (χ3n) is 3.82. The van der Waals surface area contributed by atoms with Crippen LogP contribution in [0.4, 0.5) is 0 Å². The lowest BCUT2D eigenvalue weighted by molar-refractivity contribution is -0.120. The van der Waals surface area contributed by atoms with E-state index in [1.807, 2.05) is 37.3 Å². The highest BCUT2D eigenvalue weighted by atomic mass is 35.5. The molecule has 0 fully saturated rings. The smallest absolute Gasteiger partial charge is 0.244 e. The van der Waals surface area contributed by atoms with Gasteiger partial charge in [-0.1, -0.05) is 41.4 Å². The van der Waals surface area contributed by atoms with Gasteiger partial charge in [-0.2, -0.15) is 5.10 Å². The SMILES string of the molecule is CCOc1ccc(CC(=O)N/N=C\c2ccc(-c3cccc(Cl)c3Cl)o2)cc1. The van der Waals surface area contributed by atoms with Gasteiger partial charge in [0.05, 0.1) is 29.3 Å². The molecule has 1 heterocycles. The third kappa shape index (κ3) is 5.15. The molecule has 0 bridgehead atoms. The summed E-state index contributed by atoms with van der Waals surface area (Å²) >= 11 is 12.2. The minimum absolute atomic E-state index is 0.214. The molecule has 0 spiro atoms. The summed E-state index contributed by atoms with van der Waals surface area (Å²) in [4.78, 5) is 12.0. The number of halogens is 2. The van der Waals surface area contributed by atoms with Gasteiger partial charge in [0.1, 0.15) is 17.3 Å². The number of benzene rings is 2. The van der Waals surface area contributed by atoms with E-state index in [4.69, 9.17) is 32.4 Å². The lowest BCUT2D eigenvalue weighted by atomic mass is 10.1. The molecule has 5 nitrogen and oxygen atoms in total. The Labute approximate surface area is 172 Å². The van der Waals surface area contributed by atoms with E-state index in [-0.39, 0.29) is 12.3 Å². The Morgan fingerprint density at radius 3 is 2.68 bits per heavy atom. The molecular weight excluding hydrogens is 399 g/mol. The molecule has 0 unspecified atom stereocenters. The highest BCUT2D eigenvalue weighted by Gasteiger charge is 2.10. The van der Waals surface area contributed by atoms with Crippen LogP contribution in [0.25, 0.3) is 11.3 Å². The summed E-state index contributed by atoms with van der Waals surface area (Å²) in [6.45, 7) is 2.53. The number of ether oxygens (including phenoxy) is 1. The van der Waals surface area contributed by atoms with Crippen LogP contribution in [-0.2, 0) is 11.2 Å². The van der Waals surface area contributed by atoms with Gasteiger partial charge >= 0.3 is 0 Å². The van der Waals surface area contributed by atoms with Gasteiger partial charge in [0.15, 0.2) is 0 Å². The first-order valence-electron chi connectivity index (χ1n) is 8.64. The second kappa shape index (κ2) is 9.44. The molecule has 2 aromatic carbocycles. The van der Waals surface area contributed by atoms with Gasteiger partial charge in [-0.05, 0) is 48.9 Å². The highest BCUT2D eigenvalue weighted by molar-refractivity contribution is 6.43. The standard InChI is InChI=1S/C21H18Cl2N2O3/c1-2-27-15-8-6-14(7-9-15)12-20(26)25-24-13-16-10-11-19(28-16)17-4-3-5-18(22)21(17)23/h3-11,13H,2,12H2,1H3,(H,25,26)/b24-13-. The number of nitrogens with one attached hydrogen (secondary N) is 1. The number of furan rings is 1. The molecule has 0 saturated carbocycles. The largest absolute Gasteiger partial charge is 0.494 e. The van der Waals surface area contributed by atoms with E-state index in [0.29, 0.717) is 33.7 Å². The number of hydrazone groups is 1. The van der Waals surface area contributed by atoms with Crippen molar-refractivity contribution in [2.45, 2.75) is 13.3 Å². The maximum atomic E-state index is 12.0. The van der Waals surface area contributed by atoms with Crippen LogP contribution in [0.5, 0.6) is 5.75 Å². The van der Waals surface area contributed by atoms with E-state index in [0.717, 1.165) is 11.3 Å². The third-order valence-corrected chi connectivity index (χ3v) is 4.64. The zero-order valence-electron chi connectivity index (χ0n) is 15.1. The average Bonchev–Trinajstić information content (AvgIpc) is 3.14. The summed E-state index contributed by atoms with van der Waals surface area (Å²) in [7, 11) is 0. The van der Waals surface area contributed by atoms with Crippen LogP contribution in [0.3, 0.4) is 0 Å². The molecule has 0 aliphatic carbocycles. The number of amides is 1. The van der Waals surface area contributed by atoms with E-state index in [2.05, 4.69) is 10.5 Å². The number of hydrogen-bond acceptors (Lipinski definition) is 4. The van der Waals surface area contributed by atoms with Crippen LogP contribution in [0, 0.1) is 0 Å². The first-order valence-corrected chi connectivity index (χ1v) is 9.40. The fourth-order valence-electron chi connectivity index (χ4n) is 2.52. The van der Waals surface area contributed by atoms with Crippen LogP contribution in [0.1, 0.15) is 18.2 Å². The van der Waals surface area contributed by atoms with Gasteiger partial charge in [0.25, 0.3) is 0 Å². The van der Waals surface area contributed by atoms with Crippen LogP contribution in [0.15, 0.2) is 64.1 Å². The molecule has 1 aromatic heterocycles. The average molecular weight is 417 g/mol. The van der Waals surface area contributed by atoms with Crippen molar-refractivity contribution >= 4 is 35.3 Å². The first-order chi connectivity index (χ1) is 13.6. The fourth-order valence-corrected chi connectivity index (χ4v) is 2.92. The molecule has 0 saturated heterocycles. The second-order valence-corrected chi connectivity index (χ2v) is 6.64. The highest BCUT2D eigenvalue weighted by Crippen LogP contribution is 2.34. The topological polar surface area (TPSA) is 63.8 Å². The Hall–Kier alpha value is -2.76. The van der Waals surface area contributed by atoms with Crippen LogP contribution >= 0.6 is 23.2 Å². The molecule has 0 aliphatic rings. The maximum absolute atomic E-state index is 12.0. The van der Waals surface area contributed by atoms with Crippen molar-refractivity contribution in [1.29, 1.82) is 0 Å². The van der Waals surface area contributed by atoms with Crippen molar-refractivity contribution < 1.29 is 13.9 Å².